The number of methoxy groups -OCH3 is 1. The van der Waals surface area contributed by atoms with Gasteiger partial charge in [0.15, 0.2) is 0 Å². The van der Waals surface area contributed by atoms with E-state index in [9.17, 15) is 4.79 Å². The van der Waals surface area contributed by atoms with Gasteiger partial charge in [-0.25, -0.2) is 4.79 Å². The van der Waals surface area contributed by atoms with Gasteiger partial charge in [-0.3, -0.25) is 0 Å². The van der Waals surface area contributed by atoms with Crippen LogP contribution in [0.4, 0.5) is 4.79 Å². The summed E-state index contributed by atoms with van der Waals surface area (Å²) in [4.78, 5) is 13.5. The Balaban J connectivity index is 2.10. The van der Waals surface area contributed by atoms with Crippen LogP contribution in [0.15, 0.2) is 0 Å². The monoisotopic (exact) mass is 212 g/mol. The highest BCUT2D eigenvalue weighted by atomic mass is 16.5. The molecule has 0 aromatic carbocycles. The fourth-order valence-electron chi connectivity index (χ4n) is 3.09. The topological polar surface area (TPSA) is 41.6 Å². The van der Waals surface area contributed by atoms with E-state index in [0.717, 1.165) is 38.4 Å². The number of amides is 1. The molecule has 2 saturated heterocycles. The molecule has 1 amide bonds. The molecule has 0 aliphatic carbocycles. The van der Waals surface area contributed by atoms with Crippen LogP contribution < -0.4 is 5.32 Å². The summed E-state index contributed by atoms with van der Waals surface area (Å²) >= 11 is 0. The van der Waals surface area contributed by atoms with Gasteiger partial charge in [0.25, 0.3) is 0 Å². The van der Waals surface area contributed by atoms with Crippen molar-refractivity contribution in [2.45, 2.75) is 25.8 Å². The molecule has 1 N–H and O–H groups in total. The molecule has 0 saturated carbocycles. The summed E-state index contributed by atoms with van der Waals surface area (Å²) in [7, 11) is 1.47. The molecule has 0 aromatic rings. The van der Waals surface area contributed by atoms with Crippen LogP contribution in [0.1, 0.15) is 19.8 Å². The van der Waals surface area contributed by atoms with E-state index in [1.54, 1.807) is 0 Å². The van der Waals surface area contributed by atoms with Crippen molar-refractivity contribution in [3.63, 3.8) is 0 Å². The number of ether oxygens (including phenoxy) is 1. The standard InChI is InChI=1S/C11H20N2O2/c1-3-10-9-7-12-6-8(9)4-5-13(10)11(14)15-2/h8-10,12H,3-7H2,1-2H3. The highest BCUT2D eigenvalue weighted by Gasteiger charge is 2.41. The second kappa shape index (κ2) is 4.39. The van der Waals surface area contributed by atoms with E-state index in [-0.39, 0.29) is 6.09 Å². The lowest BCUT2D eigenvalue weighted by Gasteiger charge is -2.41. The Hall–Kier alpha value is -0.770. The normalized spacial score (nSPS) is 35.1. The summed E-state index contributed by atoms with van der Waals surface area (Å²) in [5, 5.41) is 3.43. The molecule has 2 aliphatic rings. The Morgan fingerprint density at radius 1 is 1.53 bits per heavy atom. The Morgan fingerprint density at radius 3 is 3.00 bits per heavy atom. The van der Waals surface area contributed by atoms with Gasteiger partial charge in [-0.05, 0) is 31.2 Å². The van der Waals surface area contributed by atoms with Crippen LogP contribution in [-0.4, -0.2) is 43.8 Å². The van der Waals surface area contributed by atoms with Crippen LogP contribution in [0.2, 0.25) is 0 Å². The van der Waals surface area contributed by atoms with Gasteiger partial charge in [0, 0.05) is 19.1 Å². The Kier molecular flexibility index (Phi) is 3.14. The zero-order valence-electron chi connectivity index (χ0n) is 9.53. The first kappa shape index (κ1) is 10.7. The quantitative estimate of drug-likeness (QED) is 0.707. The first-order valence-electron chi connectivity index (χ1n) is 5.83. The van der Waals surface area contributed by atoms with Crippen LogP contribution in [0.3, 0.4) is 0 Å². The van der Waals surface area contributed by atoms with Gasteiger partial charge < -0.3 is 15.0 Å². The van der Waals surface area contributed by atoms with E-state index < -0.39 is 0 Å². The van der Waals surface area contributed by atoms with Crippen LogP contribution in [0.25, 0.3) is 0 Å². The predicted molar refractivity (Wildman–Crippen MR) is 57.7 cm³/mol. The second-order valence-corrected chi connectivity index (χ2v) is 4.51. The molecule has 2 aliphatic heterocycles. The lowest BCUT2D eigenvalue weighted by atomic mass is 9.81. The van der Waals surface area contributed by atoms with Crippen molar-refractivity contribution in [1.82, 2.24) is 10.2 Å². The minimum Gasteiger partial charge on any atom is -0.453 e. The third-order valence-corrected chi connectivity index (χ3v) is 3.85. The average Bonchev–Trinajstić information content (AvgIpc) is 2.74. The van der Waals surface area contributed by atoms with E-state index in [2.05, 4.69) is 12.2 Å². The number of nitrogens with one attached hydrogen (secondary N) is 1. The third kappa shape index (κ3) is 1.83. The summed E-state index contributed by atoms with van der Waals surface area (Å²) in [6.07, 6.45) is 1.98. The summed E-state index contributed by atoms with van der Waals surface area (Å²) < 4.78 is 4.84. The van der Waals surface area contributed by atoms with E-state index in [0.29, 0.717) is 12.0 Å². The van der Waals surface area contributed by atoms with Crippen molar-refractivity contribution in [3.05, 3.63) is 0 Å². The molecule has 2 heterocycles. The molecule has 0 aromatic heterocycles. The minimum atomic E-state index is -0.160. The third-order valence-electron chi connectivity index (χ3n) is 3.85. The lowest BCUT2D eigenvalue weighted by molar-refractivity contribution is 0.0530. The SMILES string of the molecule is CCC1C2CNCC2CCN1C(=O)OC. The van der Waals surface area contributed by atoms with Gasteiger partial charge >= 0.3 is 6.09 Å². The Morgan fingerprint density at radius 2 is 2.33 bits per heavy atom. The summed E-state index contributed by atoms with van der Waals surface area (Å²) in [6.45, 7) is 5.18. The zero-order valence-corrected chi connectivity index (χ0v) is 9.53. The van der Waals surface area contributed by atoms with Gasteiger partial charge in [0.2, 0.25) is 0 Å². The molecule has 3 unspecified atom stereocenters. The van der Waals surface area contributed by atoms with Gasteiger partial charge in [-0.15, -0.1) is 0 Å². The van der Waals surface area contributed by atoms with E-state index >= 15 is 0 Å². The molecule has 0 spiro atoms. The van der Waals surface area contributed by atoms with Crippen molar-refractivity contribution in [2.24, 2.45) is 11.8 Å². The van der Waals surface area contributed by atoms with Gasteiger partial charge in [-0.2, -0.15) is 0 Å². The smallest absolute Gasteiger partial charge is 0.409 e. The number of likely N-dealkylation sites (tertiary alicyclic amines) is 1. The number of nitrogens with zero attached hydrogens (tertiary/aromatic N) is 1. The average molecular weight is 212 g/mol. The van der Waals surface area contributed by atoms with Crippen molar-refractivity contribution < 1.29 is 9.53 Å². The number of carbonyl (C=O) groups is 1. The highest BCUT2D eigenvalue weighted by Crippen LogP contribution is 2.33. The lowest BCUT2D eigenvalue weighted by Crippen LogP contribution is -2.51. The number of hydrogen-bond donors (Lipinski definition) is 1. The van der Waals surface area contributed by atoms with Crippen molar-refractivity contribution in [1.29, 1.82) is 0 Å². The van der Waals surface area contributed by atoms with Crippen molar-refractivity contribution in [3.8, 4) is 0 Å². The summed E-state index contributed by atoms with van der Waals surface area (Å²) in [6, 6.07) is 0.367. The molecule has 4 nitrogen and oxygen atoms in total. The maximum Gasteiger partial charge on any atom is 0.409 e. The number of fused-ring (bicyclic) bond motifs is 1. The molecular weight excluding hydrogens is 192 g/mol. The van der Waals surface area contributed by atoms with Gasteiger partial charge in [-0.1, -0.05) is 6.92 Å². The Bertz CT molecular complexity index is 245. The van der Waals surface area contributed by atoms with E-state index in [4.69, 9.17) is 4.74 Å². The largest absolute Gasteiger partial charge is 0.453 e. The van der Waals surface area contributed by atoms with Crippen LogP contribution in [-0.2, 0) is 4.74 Å². The van der Waals surface area contributed by atoms with E-state index in [1.807, 2.05) is 4.90 Å². The fourth-order valence-corrected chi connectivity index (χ4v) is 3.09. The maximum absolute atomic E-state index is 11.6. The molecular formula is C11H20N2O2. The molecule has 0 radical (unpaired) electrons. The number of piperidine rings is 1. The molecule has 86 valence electrons. The van der Waals surface area contributed by atoms with Crippen molar-refractivity contribution >= 4 is 6.09 Å². The first-order valence-corrected chi connectivity index (χ1v) is 5.83. The molecule has 2 fully saturated rings. The maximum atomic E-state index is 11.6. The number of hydrogen-bond acceptors (Lipinski definition) is 3. The molecule has 0 bridgehead atoms. The zero-order chi connectivity index (χ0) is 10.8. The van der Waals surface area contributed by atoms with Crippen molar-refractivity contribution in [2.75, 3.05) is 26.7 Å². The minimum absolute atomic E-state index is 0.160. The van der Waals surface area contributed by atoms with Gasteiger partial charge in [0.1, 0.15) is 0 Å². The second-order valence-electron chi connectivity index (χ2n) is 4.51. The first-order chi connectivity index (χ1) is 7.27. The summed E-state index contributed by atoms with van der Waals surface area (Å²) in [5.74, 6) is 1.39. The number of carbonyl (C=O) groups excluding carboxylic acids is 1. The van der Waals surface area contributed by atoms with Gasteiger partial charge in [0.05, 0.1) is 7.11 Å². The molecule has 3 atom stereocenters. The molecule has 4 heteroatoms. The predicted octanol–water partition coefficient (Wildman–Crippen LogP) is 1.07. The van der Waals surface area contributed by atoms with Crippen LogP contribution in [0, 0.1) is 11.8 Å². The fraction of sp³-hybridized carbons (Fsp3) is 0.909. The highest BCUT2D eigenvalue weighted by molar-refractivity contribution is 5.68. The Labute approximate surface area is 91.0 Å². The van der Waals surface area contributed by atoms with Crippen LogP contribution in [0.5, 0.6) is 0 Å². The molecule has 2 rings (SSSR count). The van der Waals surface area contributed by atoms with E-state index in [1.165, 1.54) is 7.11 Å². The van der Waals surface area contributed by atoms with Crippen LogP contribution >= 0.6 is 0 Å². The number of rotatable bonds is 1. The summed E-state index contributed by atoms with van der Waals surface area (Å²) in [5.41, 5.74) is 0. The molecule has 15 heavy (non-hydrogen) atoms.